The molecule has 0 spiro atoms. The van der Waals surface area contributed by atoms with E-state index in [9.17, 15) is 4.79 Å². The Morgan fingerprint density at radius 2 is 2.29 bits per heavy atom. The summed E-state index contributed by atoms with van der Waals surface area (Å²) in [4.78, 5) is 11.8. The molecule has 2 unspecified atom stereocenters. The highest BCUT2D eigenvalue weighted by atomic mass is 16.3. The predicted molar refractivity (Wildman–Crippen MR) is 68.7 cm³/mol. The van der Waals surface area contributed by atoms with Gasteiger partial charge in [-0.3, -0.25) is 4.79 Å². The molecule has 1 saturated heterocycles. The van der Waals surface area contributed by atoms with Crippen molar-refractivity contribution in [2.24, 2.45) is 11.8 Å². The summed E-state index contributed by atoms with van der Waals surface area (Å²) in [6.45, 7) is 6.18. The van der Waals surface area contributed by atoms with Gasteiger partial charge in [0.05, 0.1) is 6.04 Å². The van der Waals surface area contributed by atoms with Gasteiger partial charge in [-0.05, 0) is 44.1 Å². The van der Waals surface area contributed by atoms with Crippen molar-refractivity contribution in [1.82, 2.24) is 10.6 Å². The highest BCUT2D eigenvalue weighted by molar-refractivity contribution is 5.81. The highest BCUT2D eigenvalue weighted by Crippen LogP contribution is 2.14. The van der Waals surface area contributed by atoms with Crippen molar-refractivity contribution in [2.75, 3.05) is 19.7 Å². The van der Waals surface area contributed by atoms with Crippen molar-refractivity contribution < 1.29 is 9.90 Å². The zero-order valence-electron chi connectivity index (χ0n) is 11.0. The Balaban J connectivity index is 2.26. The van der Waals surface area contributed by atoms with Crippen LogP contribution in [0.5, 0.6) is 0 Å². The Labute approximate surface area is 104 Å². The number of aliphatic hydroxyl groups is 1. The van der Waals surface area contributed by atoms with E-state index >= 15 is 0 Å². The van der Waals surface area contributed by atoms with Gasteiger partial charge < -0.3 is 15.7 Å². The molecule has 0 saturated carbocycles. The van der Waals surface area contributed by atoms with Gasteiger partial charge in [0.1, 0.15) is 0 Å². The summed E-state index contributed by atoms with van der Waals surface area (Å²) < 4.78 is 0. The number of hydrogen-bond donors (Lipinski definition) is 3. The fourth-order valence-corrected chi connectivity index (χ4v) is 2.43. The minimum atomic E-state index is 0.00354. The number of amides is 1. The second-order valence-corrected chi connectivity index (χ2v) is 5.40. The summed E-state index contributed by atoms with van der Waals surface area (Å²) in [5.74, 6) is 1.12. The first-order valence-corrected chi connectivity index (χ1v) is 6.75. The highest BCUT2D eigenvalue weighted by Gasteiger charge is 2.22. The molecule has 100 valence electrons. The van der Waals surface area contributed by atoms with Crippen molar-refractivity contribution in [3.05, 3.63) is 0 Å². The molecule has 0 aliphatic carbocycles. The van der Waals surface area contributed by atoms with Crippen LogP contribution in [0.25, 0.3) is 0 Å². The van der Waals surface area contributed by atoms with Crippen LogP contribution < -0.4 is 10.6 Å². The van der Waals surface area contributed by atoms with E-state index in [1.807, 2.05) is 0 Å². The number of carbonyl (C=O) groups excluding carboxylic acids is 1. The van der Waals surface area contributed by atoms with Crippen molar-refractivity contribution >= 4 is 5.91 Å². The summed E-state index contributed by atoms with van der Waals surface area (Å²) >= 11 is 0. The zero-order chi connectivity index (χ0) is 12.7. The van der Waals surface area contributed by atoms with E-state index in [1.165, 1.54) is 0 Å². The zero-order valence-corrected chi connectivity index (χ0v) is 11.0. The molecule has 0 radical (unpaired) electrons. The maximum atomic E-state index is 11.8. The van der Waals surface area contributed by atoms with Crippen LogP contribution in [0.3, 0.4) is 0 Å². The van der Waals surface area contributed by atoms with Gasteiger partial charge in [-0.25, -0.2) is 0 Å². The molecular weight excluding hydrogens is 216 g/mol. The van der Waals surface area contributed by atoms with Crippen LogP contribution in [0.15, 0.2) is 0 Å². The van der Waals surface area contributed by atoms with Gasteiger partial charge in [-0.1, -0.05) is 13.8 Å². The molecule has 2 atom stereocenters. The molecule has 0 aromatic rings. The molecule has 1 aliphatic heterocycles. The largest absolute Gasteiger partial charge is 0.396 e. The number of aliphatic hydroxyl groups excluding tert-OH is 1. The number of rotatable bonds is 7. The minimum Gasteiger partial charge on any atom is -0.396 e. The Morgan fingerprint density at radius 1 is 1.53 bits per heavy atom. The fourth-order valence-electron chi connectivity index (χ4n) is 2.43. The summed E-state index contributed by atoms with van der Waals surface area (Å²) in [6, 6.07) is 0.00354. The van der Waals surface area contributed by atoms with Crippen LogP contribution >= 0.6 is 0 Å². The Hall–Kier alpha value is -0.610. The van der Waals surface area contributed by atoms with E-state index in [-0.39, 0.29) is 18.6 Å². The quantitative estimate of drug-likeness (QED) is 0.621. The lowest BCUT2D eigenvalue weighted by Gasteiger charge is -2.20. The third kappa shape index (κ3) is 5.50. The SMILES string of the molecule is CC(C)CC(CCO)CNC(=O)C1CCCN1. The minimum absolute atomic E-state index is 0.00354. The van der Waals surface area contributed by atoms with E-state index in [1.54, 1.807) is 0 Å². The van der Waals surface area contributed by atoms with Crippen LogP contribution in [0.4, 0.5) is 0 Å². The van der Waals surface area contributed by atoms with Crippen LogP contribution in [0.1, 0.15) is 39.5 Å². The lowest BCUT2D eigenvalue weighted by atomic mass is 9.94. The molecule has 1 amide bonds. The monoisotopic (exact) mass is 242 g/mol. The van der Waals surface area contributed by atoms with Crippen LogP contribution in [0, 0.1) is 11.8 Å². The van der Waals surface area contributed by atoms with Gasteiger partial charge in [0.15, 0.2) is 0 Å². The summed E-state index contributed by atoms with van der Waals surface area (Å²) in [7, 11) is 0. The molecule has 3 N–H and O–H groups in total. The van der Waals surface area contributed by atoms with Gasteiger partial charge in [0.2, 0.25) is 5.91 Å². The summed E-state index contributed by atoms with van der Waals surface area (Å²) in [5.41, 5.74) is 0. The maximum Gasteiger partial charge on any atom is 0.237 e. The molecule has 17 heavy (non-hydrogen) atoms. The van der Waals surface area contributed by atoms with E-state index < -0.39 is 0 Å². The van der Waals surface area contributed by atoms with E-state index in [0.717, 1.165) is 32.2 Å². The van der Waals surface area contributed by atoms with E-state index in [4.69, 9.17) is 5.11 Å². The topological polar surface area (TPSA) is 61.4 Å². The van der Waals surface area contributed by atoms with Crippen molar-refractivity contribution in [2.45, 2.75) is 45.6 Å². The first-order chi connectivity index (χ1) is 8.13. The summed E-state index contributed by atoms with van der Waals surface area (Å²) in [6.07, 6.45) is 3.86. The predicted octanol–water partition coefficient (Wildman–Crippen LogP) is 0.899. The average Bonchev–Trinajstić information content (AvgIpc) is 2.78. The van der Waals surface area contributed by atoms with Crippen molar-refractivity contribution in [3.8, 4) is 0 Å². The fraction of sp³-hybridized carbons (Fsp3) is 0.923. The van der Waals surface area contributed by atoms with Gasteiger partial charge >= 0.3 is 0 Å². The van der Waals surface area contributed by atoms with Gasteiger partial charge in [-0.2, -0.15) is 0 Å². The van der Waals surface area contributed by atoms with Gasteiger partial charge in [-0.15, -0.1) is 0 Å². The first-order valence-electron chi connectivity index (χ1n) is 6.75. The Bertz CT molecular complexity index is 225. The number of carbonyl (C=O) groups is 1. The molecule has 1 fully saturated rings. The lowest BCUT2D eigenvalue weighted by molar-refractivity contribution is -0.123. The van der Waals surface area contributed by atoms with Crippen LogP contribution in [0.2, 0.25) is 0 Å². The first kappa shape index (κ1) is 14.5. The normalized spacial score (nSPS) is 21.8. The maximum absolute atomic E-state index is 11.8. The molecule has 0 aromatic carbocycles. The third-order valence-corrected chi connectivity index (χ3v) is 3.28. The van der Waals surface area contributed by atoms with Crippen molar-refractivity contribution in [3.63, 3.8) is 0 Å². The smallest absolute Gasteiger partial charge is 0.237 e. The van der Waals surface area contributed by atoms with E-state index in [0.29, 0.717) is 18.4 Å². The van der Waals surface area contributed by atoms with Gasteiger partial charge in [0, 0.05) is 13.2 Å². The summed E-state index contributed by atoms with van der Waals surface area (Å²) in [5, 5.41) is 15.2. The van der Waals surface area contributed by atoms with E-state index in [2.05, 4.69) is 24.5 Å². The second-order valence-electron chi connectivity index (χ2n) is 5.40. The van der Waals surface area contributed by atoms with Crippen molar-refractivity contribution in [1.29, 1.82) is 0 Å². The molecular formula is C13H26N2O2. The molecule has 1 rings (SSSR count). The molecule has 4 nitrogen and oxygen atoms in total. The third-order valence-electron chi connectivity index (χ3n) is 3.28. The molecule has 0 bridgehead atoms. The molecule has 1 aliphatic rings. The van der Waals surface area contributed by atoms with Crippen LogP contribution in [-0.2, 0) is 4.79 Å². The van der Waals surface area contributed by atoms with Gasteiger partial charge in [0.25, 0.3) is 0 Å². The lowest BCUT2D eigenvalue weighted by Crippen LogP contribution is -2.42. The second kappa shape index (κ2) is 7.67. The Kier molecular flexibility index (Phi) is 6.52. The average molecular weight is 242 g/mol. The molecule has 1 heterocycles. The van der Waals surface area contributed by atoms with Crippen LogP contribution in [-0.4, -0.2) is 36.8 Å². The standard InChI is InChI=1S/C13H26N2O2/c1-10(2)8-11(5-7-16)9-15-13(17)12-4-3-6-14-12/h10-12,14,16H,3-9H2,1-2H3,(H,15,17). The Morgan fingerprint density at radius 3 is 2.82 bits per heavy atom. The molecule has 0 aromatic heterocycles. The molecule has 4 heteroatoms. The number of nitrogens with one attached hydrogen (secondary N) is 2. The number of hydrogen-bond acceptors (Lipinski definition) is 3.